The number of likely N-dealkylation sites (N-methyl/N-ethyl adjacent to an activating group) is 1. The van der Waals surface area contributed by atoms with Gasteiger partial charge in [-0.2, -0.15) is 10.2 Å². The molecule has 12 heteroatoms. The maximum absolute atomic E-state index is 14.6. The van der Waals surface area contributed by atoms with Gasteiger partial charge in [-0.3, -0.25) is 19.2 Å². The van der Waals surface area contributed by atoms with Gasteiger partial charge in [0.25, 0.3) is 11.5 Å². The highest BCUT2D eigenvalue weighted by atomic mass is 32.1. The van der Waals surface area contributed by atoms with Crippen LogP contribution in [0, 0.1) is 5.82 Å². The number of hydrogen-bond acceptors (Lipinski definition) is 8. The lowest BCUT2D eigenvalue weighted by Gasteiger charge is -2.22. The Morgan fingerprint density at radius 3 is 2.92 bits per heavy atom. The van der Waals surface area contributed by atoms with E-state index >= 15 is 0 Å². The van der Waals surface area contributed by atoms with Crippen molar-refractivity contribution in [1.82, 2.24) is 24.9 Å². The van der Waals surface area contributed by atoms with E-state index in [0.717, 1.165) is 42.2 Å². The summed E-state index contributed by atoms with van der Waals surface area (Å²) in [5, 5.41) is 26.8. The molecular formula is C25H24FN7O3S. The van der Waals surface area contributed by atoms with Gasteiger partial charge in [0.2, 0.25) is 0 Å². The average molecular weight is 522 g/mol. The van der Waals surface area contributed by atoms with Crippen LogP contribution in [0.1, 0.15) is 38.3 Å². The Labute approximate surface area is 214 Å². The summed E-state index contributed by atoms with van der Waals surface area (Å²) in [6.07, 6.45) is 0.824. The van der Waals surface area contributed by atoms with Gasteiger partial charge in [-0.1, -0.05) is 0 Å². The lowest BCUT2D eigenvalue weighted by Crippen LogP contribution is -2.30. The molecule has 1 aromatic carbocycles. The topological polar surface area (TPSA) is 128 Å². The van der Waals surface area contributed by atoms with Crippen molar-refractivity contribution in [3.8, 4) is 11.3 Å². The molecular weight excluding hydrogens is 497 g/mol. The summed E-state index contributed by atoms with van der Waals surface area (Å²) in [5.74, 6) is -0.501. The third-order valence-electron chi connectivity index (χ3n) is 6.63. The van der Waals surface area contributed by atoms with Crippen LogP contribution in [-0.2, 0) is 19.5 Å². The second-order valence-corrected chi connectivity index (χ2v) is 10.4. The lowest BCUT2D eigenvalue weighted by atomic mass is 10.1. The van der Waals surface area contributed by atoms with Crippen LogP contribution >= 0.6 is 11.3 Å². The van der Waals surface area contributed by atoms with Gasteiger partial charge in [-0.25, -0.2) is 9.49 Å². The van der Waals surface area contributed by atoms with E-state index in [9.17, 15) is 19.1 Å². The number of nitrogens with zero attached hydrogens (tertiary/aromatic N) is 4. The Bertz CT molecular complexity index is 1580. The highest BCUT2D eigenvalue weighted by Crippen LogP contribution is 2.37. The molecule has 0 saturated heterocycles. The quantitative estimate of drug-likeness (QED) is 0.317. The molecule has 0 bridgehead atoms. The number of amides is 1. The van der Waals surface area contributed by atoms with Gasteiger partial charge in [0.1, 0.15) is 11.5 Å². The van der Waals surface area contributed by atoms with E-state index < -0.39 is 23.4 Å². The van der Waals surface area contributed by atoms with E-state index in [4.69, 9.17) is 0 Å². The lowest BCUT2D eigenvalue weighted by molar-refractivity contribution is 0.103. The number of aliphatic hydroxyl groups is 1. The molecule has 4 heterocycles. The van der Waals surface area contributed by atoms with Crippen molar-refractivity contribution < 1.29 is 14.3 Å². The molecule has 0 saturated carbocycles. The van der Waals surface area contributed by atoms with Gasteiger partial charge >= 0.3 is 0 Å². The van der Waals surface area contributed by atoms with Crippen LogP contribution in [0.2, 0.25) is 0 Å². The zero-order valence-corrected chi connectivity index (χ0v) is 20.7. The summed E-state index contributed by atoms with van der Waals surface area (Å²) in [4.78, 5) is 28.8. The summed E-state index contributed by atoms with van der Waals surface area (Å²) in [6, 6.07) is 9.37. The molecule has 0 radical (unpaired) electrons. The second kappa shape index (κ2) is 9.21. The van der Waals surface area contributed by atoms with Crippen LogP contribution in [0.4, 0.5) is 21.6 Å². The number of aromatic nitrogens is 4. The van der Waals surface area contributed by atoms with E-state index in [1.807, 2.05) is 17.8 Å². The fraction of sp³-hybridized carbons (Fsp3) is 0.280. The Balaban J connectivity index is 1.24. The number of H-pyrrole nitrogens is 1. The van der Waals surface area contributed by atoms with Crippen molar-refractivity contribution in [1.29, 1.82) is 0 Å². The van der Waals surface area contributed by atoms with E-state index in [-0.39, 0.29) is 11.4 Å². The van der Waals surface area contributed by atoms with E-state index in [2.05, 4.69) is 30.8 Å². The third-order valence-corrected chi connectivity index (χ3v) is 7.84. The number of hydrogen-bond donors (Lipinski definition) is 4. The predicted octanol–water partition coefficient (Wildman–Crippen LogP) is 3.25. The molecule has 4 N–H and O–H groups in total. The van der Waals surface area contributed by atoms with Crippen LogP contribution in [0.25, 0.3) is 11.3 Å². The summed E-state index contributed by atoms with van der Waals surface area (Å²) in [7, 11) is 2.04. The van der Waals surface area contributed by atoms with Crippen molar-refractivity contribution in [3.63, 3.8) is 0 Å². The maximum Gasteiger partial charge on any atom is 0.287 e. The van der Waals surface area contributed by atoms with Crippen LogP contribution < -0.4 is 16.2 Å². The average Bonchev–Trinajstić information content (AvgIpc) is 3.57. The molecule has 1 aliphatic heterocycles. The van der Waals surface area contributed by atoms with Crippen molar-refractivity contribution in [2.75, 3.05) is 24.2 Å². The Kier molecular flexibility index (Phi) is 5.86. The number of rotatable bonds is 5. The smallest absolute Gasteiger partial charge is 0.287 e. The first kappa shape index (κ1) is 23.5. The van der Waals surface area contributed by atoms with Gasteiger partial charge < -0.3 is 15.7 Å². The predicted molar refractivity (Wildman–Crippen MR) is 138 cm³/mol. The summed E-state index contributed by atoms with van der Waals surface area (Å²) < 4.78 is 16.5. The summed E-state index contributed by atoms with van der Waals surface area (Å²) >= 11 is 1.31. The van der Waals surface area contributed by atoms with Crippen molar-refractivity contribution in [3.05, 3.63) is 73.6 Å². The first-order chi connectivity index (χ1) is 17.8. The van der Waals surface area contributed by atoms with Gasteiger partial charge in [-0.05, 0) is 55.8 Å². The number of carbonyl (C=O) groups is 1. The molecule has 2 aliphatic rings. The number of thiophene rings is 1. The Morgan fingerprint density at radius 1 is 1.22 bits per heavy atom. The largest absolute Gasteiger partial charge is 0.388 e. The molecule has 1 atom stereocenters. The number of benzene rings is 1. The number of aromatic amines is 1. The monoisotopic (exact) mass is 521 g/mol. The molecule has 1 aliphatic carbocycles. The number of aliphatic hydroxyl groups excluding tert-OH is 1. The van der Waals surface area contributed by atoms with Crippen LogP contribution in [-0.4, -0.2) is 49.5 Å². The standard InChI is InChI=1S/C25H24FN7O3S/c1-32-6-7-33-14(12-32)9-23(31-33)27-19-11-17(29-30-24(19)35)13-2-3-16(26)18(8-13)28-25(36)22-10-15-20(34)4-5-21(15)37-22/h2-3,8-11,20,34H,4-7,12H2,1H3,(H,28,36)(H,30,35)(H,27,29,31). The number of anilines is 3. The number of carbonyl (C=O) groups excluding carboxylic acids is 1. The third kappa shape index (κ3) is 4.54. The first-order valence-corrected chi connectivity index (χ1v) is 12.7. The molecule has 4 aromatic rings. The minimum Gasteiger partial charge on any atom is -0.388 e. The van der Waals surface area contributed by atoms with Gasteiger partial charge in [0.05, 0.1) is 34.6 Å². The fourth-order valence-electron chi connectivity index (χ4n) is 4.66. The molecule has 0 fully saturated rings. The molecule has 6 rings (SSSR count). The van der Waals surface area contributed by atoms with E-state index in [0.29, 0.717) is 28.4 Å². The number of fused-ring (bicyclic) bond motifs is 2. The Morgan fingerprint density at radius 2 is 2.08 bits per heavy atom. The number of aryl methyl sites for hydroxylation is 1. The maximum atomic E-state index is 14.6. The summed E-state index contributed by atoms with van der Waals surface area (Å²) in [5.41, 5.74) is 2.53. The highest BCUT2D eigenvalue weighted by Gasteiger charge is 2.25. The van der Waals surface area contributed by atoms with Crippen molar-refractivity contribution >= 4 is 34.4 Å². The molecule has 1 amide bonds. The van der Waals surface area contributed by atoms with Crippen molar-refractivity contribution in [2.24, 2.45) is 0 Å². The number of halogens is 1. The highest BCUT2D eigenvalue weighted by molar-refractivity contribution is 7.14. The second-order valence-electron chi connectivity index (χ2n) is 9.30. The zero-order chi connectivity index (χ0) is 25.7. The van der Waals surface area contributed by atoms with Crippen LogP contribution in [0.3, 0.4) is 0 Å². The van der Waals surface area contributed by atoms with Gasteiger partial charge in [0.15, 0.2) is 5.82 Å². The first-order valence-electron chi connectivity index (χ1n) is 11.9. The van der Waals surface area contributed by atoms with E-state index in [1.54, 1.807) is 12.1 Å². The normalized spacial score (nSPS) is 16.9. The molecule has 37 heavy (non-hydrogen) atoms. The molecule has 190 valence electrons. The number of nitrogens with one attached hydrogen (secondary N) is 3. The zero-order valence-electron chi connectivity index (χ0n) is 19.9. The molecule has 10 nitrogen and oxygen atoms in total. The SMILES string of the molecule is CN1CCn2nc(Nc3cc(-c4ccc(F)c(NC(=O)c5cc6c(s5)CCC6O)c4)n[nH]c3=O)cc2C1. The minimum absolute atomic E-state index is 0.00925. The van der Waals surface area contributed by atoms with Gasteiger partial charge in [-0.15, -0.1) is 11.3 Å². The van der Waals surface area contributed by atoms with Gasteiger partial charge in [0, 0.05) is 29.6 Å². The van der Waals surface area contributed by atoms with Crippen molar-refractivity contribution in [2.45, 2.75) is 32.0 Å². The van der Waals surface area contributed by atoms with Crippen LogP contribution in [0.5, 0.6) is 0 Å². The van der Waals surface area contributed by atoms with E-state index in [1.165, 1.54) is 29.5 Å². The van der Waals surface area contributed by atoms with Crippen LogP contribution in [0.15, 0.2) is 41.2 Å². The Hall–Kier alpha value is -3.87. The molecule has 1 unspecified atom stereocenters. The molecule has 3 aromatic heterocycles. The molecule has 0 spiro atoms. The minimum atomic E-state index is -0.599. The summed E-state index contributed by atoms with van der Waals surface area (Å²) in [6.45, 7) is 2.43. The fourth-order valence-corrected chi connectivity index (χ4v) is 5.79.